The smallest absolute Gasteiger partial charge is 0.227 e. The Morgan fingerprint density at radius 1 is 1.12 bits per heavy atom. The van der Waals surface area contributed by atoms with Crippen molar-refractivity contribution in [3.8, 4) is 0 Å². The van der Waals surface area contributed by atoms with E-state index in [4.69, 9.17) is 0 Å². The van der Waals surface area contributed by atoms with Gasteiger partial charge in [0, 0.05) is 23.1 Å². The lowest BCUT2D eigenvalue weighted by atomic mass is 9.67. The summed E-state index contributed by atoms with van der Waals surface area (Å²) in [5.74, 6) is 4.53. The van der Waals surface area contributed by atoms with Gasteiger partial charge in [-0.05, 0) is 68.6 Å². The van der Waals surface area contributed by atoms with Crippen molar-refractivity contribution in [2.24, 2.45) is 17.8 Å². The summed E-state index contributed by atoms with van der Waals surface area (Å²) in [4.78, 5) is 12.9. The van der Waals surface area contributed by atoms with Gasteiger partial charge in [-0.2, -0.15) is 0 Å². The molecule has 1 saturated heterocycles. The zero-order chi connectivity index (χ0) is 16.7. The quantitative estimate of drug-likeness (QED) is 0.780. The fraction of sp³-hybridized carbons (Fsp3) is 0.650. The highest BCUT2D eigenvalue weighted by atomic mass is 32.2. The van der Waals surface area contributed by atoms with Crippen molar-refractivity contribution < 1.29 is 4.79 Å². The Morgan fingerprint density at radius 2 is 1.79 bits per heavy atom. The second kappa shape index (κ2) is 6.60. The molecule has 1 spiro atoms. The summed E-state index contributed by atoms with van der Waals surface area (Å²) in [5, 5.41) is 3.24. The normalized spacial score (nSPS) is 31.2. The molecule has 3 atom stereocenters. The number of benzene rings is 1. The summed E-state index contributed by atoms with van der Waals surface area (Å²) in [6.07, 6.45) is 6.19. The van der Waals surface area contributed by atoms with Gasteiger partial charge in [0.25, 0.3) is 0 Å². The van der Waals surface area contributed by atoms with Crippen LogP contribution in [0.4, 0.5) is 5.69 Å². The van der Waals surface area contributed by atoms with Crippen molar-refractivity contribution in [3.63, 3.8) is 0 Å². The molecule has 1 unspecified atom stereocenters. The van der Waals surface area contributed by atoms with Crippen LogP contribution in [0.15, 0.2) is 18.2 Å². The van der Waals surface area contributed by atoms with E-state index in [1.807, 2.05) is 0 Å². The molecule has 1 N–H and O–H groups in total. The van der Waals surface area contributed by atoms with E-state index in [9.17, 15) is 4.79 Å². The van der Waals surface area contributed by atoms with Gasteiger partial charge in [0.05, 0.1) is 4.08 Å². The van der Waals surface area contributed by atoms with Crippen LogP contribution in [-0.4, -0.2) is 21.5 Å². The number of anilines is 1. The predicted octanol–water partition coefficient (Wildman–Crippen LogP) is 5.24. The van der Waals surface area contributed by atoms with E-state index in [1.54, 1.807) is 0 Å². The van der Waals surface area contributed by atoms with E-state index in [2.05, 4.69) is 60.9 Å². The lowest BCUT2D eigenvalue weighted by Gasteiger charge is -2.52. The zero-order valence-electron chi connectivity index (χ0n) is 14.6. The molecule has 3 fully saturated rings. The van der Waals surface area contributed by atoms with E-state index in [0.29, 0.717) is 4.08 Å². The van der Waals surface area contributed by atoms with Gasteiger partial charge < -0.3 is 5.32 Å². The molecule has 1 amide bonds. The maximum absolute atomic E-state index is 12.9. The number of carbonyl (C=O) groups excluding carboxylic acids is 1. The predicted molar refractivity (Wildman–Crippen MR) is 106 cm³/mol. The number of rotatable bonds is 2. The van der Waals surface area contributed by atoms with E-state index in [0.717, 1.165) is 35.9 Å². The Kier molecular flexibility index (Phi) is 4.63. The van der Waals surface area contributed by atoms with E-state index < -0.39 is 0 Å². The molecule has 2 aliphatic carbocycles. The minimum absolute atomic E-state index is 0.202. The third kappa shape index (κ3) is 2.90. The molecule has 130 valence electrons. The van der Waals surface area contributed by atoms with Crippen LogP contribution < -0.4 is 5.32 Å². The SMILES string of the molecule is Cc1ccc(C)c(NC(=O)C2C[C@H]3CCC[C@@H](C2)C32SCCS2)c1. The van der Waals surface area contributed by atoms with Crippen molar-refractivity contribution >= 4 is 35.1 Å². The Hall–Kier alpha value is -0.610. The highest BCUT2D eigenvalue weighted by Gasteiger charge is 2.55. The molecule has 0 aromatic heterocycles. The molecule has 3 aliphatic rings. The van der Waals surface area contributed by atoms with Gasteiger partial charge >= 0.3 is 0 Å². The Balaban J connectivity index is 1.50. The van der Waals surface area contributed by atoms with Crippen LogP contribution in [-0.2, 0) is 4.79 Å². The summed E-state index contributed by atoms with van der Waals surface area (Å²) in [6.45, 7) is 4.16. The standard InChI is InChI=1S/C20H27NOS2/c1-13-6-7-14(2)18(10-13)21-19(22)15-11-16-4-3-5-17(12-15)20(16)23-8-9-24-20/h6-7,10,15-17H,3-5,8-9,11-12H2,1-2H3,(H,21,22)/t15?,16-,17+. The van der Waals surface area contributed by atoms with Gasteiger partial charge in [0.15, 0.2) is 0 Å². The maximum Gasteiger partial charge on any atom is 0.227 e. The van der Waals surface area contributed by atoms with Crippen molar-refractivity contribution in [3.05, 3.63) is 29.3 Å². The molecule has 0 radical (unpaired) electrons. The average Bonchev–Trinajstić information content (AvgIpc) is 3.00. The highest BCUT2D eigenvalue weighted by molar-refractivity contribution is 8.21. The summed E-state index contributed by atoms with van der Waals surface area (Å²) in [7, 11) is 0. The van der Waals surface area contributed by atoms with Crippen molar-refractivity contribution in [1.29, 1.82) is 0 Å². The first-order valence-corrected chi connectivity index (χ1v) is 11.2. The molecule has 1 aromatic carbocycles. The number of thioether (sulfide) groups is 2. The average molecular weight is 362 g/mol. The van der Waals surface area contributed by atoms with Gasteiger partial charge in [-0.3, -0.25) is 4.79 Å². The van der Waals surface area contributed by atoms with E-state index >= 15 is 0 Å². The number of hydrogen-bond donors (Lipinski definition) is 1. The minimum atomic E-state index is 0.202. The van der Waals surface area contributed by atoms with Crippen molar-refractivity contribution in [2.45, 2.75) is 50.0 Å². The number of carbonyl (C=O) groups is 1. The Bertz CT molecular complexity index is 623. The topological polar surface area (TPSA) is 29.1 Å². The first-order chi connectivity index (χ1) is 11.6. The molecule has 2 saturated carbocycles. The van der Waals surface area contributed by atoms with Crippen LogP contribution in [0.25, 0.3) is 0 Å². The number of aryl methyl sites for hydroxylation is 2. The van der Waals surface area contributed by atoms with Crippen LogP contribution >= 0.6 is 23.5 Å². The summed E-state index contributed by atoms with van der Waals surface area (Å²) < 4.78 is 0.453. The van der Waals surface area contributed by atoms with Crippen LogP contribution in [0.1, 0.15) is 43.2 Å². The minimum Gasteiger partial charge on any atom is -0.326 e. The van der Waals surface area contributed by atoms with Crippen LogP contribution in [0.5, 0.6) is 0 Å². The first kappa shape index (κ1) is 16.8. The summed E-state index contributed by atoms with van der Waals surface area (Å²) in [6, 6.07) is 6.30. The third-order valence-electron chi connectivity index (χ3n) is 6.14. The molecule has 24 heavy (non-hydrogen) atoms. The molecule has 1 aromatic rings. The van der Waals surface area contributed by atoms with Crippen molar-refractivity contribution in [2.75, 3.05) is 16.8 Å². The lowest BCUT2D eigenvalue weighted by molar-refractivity contribution is -0.122. The van der Waals surface area contributed by atoms with Crippen LogP contribution in [0.3, 0.4) is 0 Å². The van der Waals surface area contributed by atoms with E-state index in [-0.39, 0.29) is 11.8 Å². The number of hydrogen-bond acceptors (Lipinski definition) is 3. The second-order valence-electron chi connectivity index (χ2n) is 7.72. The lowest BCUT2D eigenvalue weighted by Crippen LogP contribution is -2.48. The largest absolute Gasteiger partial charge is 0.326 e. The molecule has 1 aliphatic heterocycles. The number of amides is 1. The molecule has 2 nitrogen and oxygen atoms in total. The fourth-order valence-corrected chi connectivity index (χ4v) is 8.87. The Labute approximate surface area is 153 Å². The molecule has 4 heteroatoms. The van der Waals surface area contributed by atoms with E-state index in [1.165, 1.54) is 36.3 Å². The van der Waals surface area contributed by atoms with Gasteiger partial charge in [0.1, 0.15) is 0 Å². The molecular formula is C20H27NOS2. The van der Waals surface area contributed by atoms with Gasteiger partial charge in [-0.15, -0.1) is 23.5 Å². The van der Waals surface area contributed by atoms with Gasteiger partial charge in [-0.1, -0.05) is 18.6 Å². The molecule has 1 heterocycles. The first-order valence-electron chi connectivity index (χ1n) is 9.24. The molecule has 2 bridgehead atoms. The maximum atomic E-state index is 12.9. The summed E-state index contributed by atoms with van der Waals surface area (Å²) >= 11 is 4.42. The summed E-state index contributed by atoms with van der Waals surface area (Å²) in [5.41, 5.74) is 3.35. The van der Waals surface area contributed by atoms with Crippen LogP contribution in [0, 0.1) is 31.6 Å². The second-order valence-corrected chi connectivity index (χ2v) is 10.7. The zero-order valence-corrected chi connectivity index (χ0v) is 16.3. The third-order valence-corrected chi connectivity index (χ3v) is 10.2. The van der Waals surface area contributed by atoms with Gasteiger partial charge in [-0.25, -0.2) is 0 Å². The number of nitrogens with one attached hydrogen (secondary N) is 1. The van der Waals surface area contributed by atoms with Crippen molar-refractivity contribution in [1.82, 2.24) is 0 Å². The molecule has 4 rings (SSSR count). The monoisotopic (exact) mass is 361 g/mol. The molecular weight excluding hydrogens is 334 g/mol. The van der Waals surface area contributed by atoms with Crippen LogP contribution in [0.2, 0.25) is 0 Å². The highest BCUT2D eigenvalue weighted by Crippen LogP contribution is 2.64. The van der Waals surface area contributed by atoms with Gasteiger partial charge in [0.2, 0.25) is 5.91 Å². The Morgan fingerprint density at radius 3 is 2.46 bits per heavy atom. The fourth-order valence-electron chi connectivity index (χ4n) is 4.93.